The van der Waals surface area contributed by atoms with Crippen molar-refractivity contribution in [1.29, 1.82) is 0 Å². The molecule has 0 aliphatic carbocycles. The molecule has 0 atom stereocenters. The minimum absolute atomic E-state index is 0.0941. The molecule has 0 spiro atoms. The average molecular weight is 332 g/mol. The molecule has 4 aromatic rings. The van der Waals surface area contributed by atoms with Gasteiger partial charge in [-0.1, -0.05) is 48.5 Å². The fraction of sp³-hybridized carbons (Fsp3) is 0. The first-order valence-corrected chi connectivity index (χ1v) is 7.84. The van der Waals surface area contributed by atoms with Crippen LogP contribution >= 0.6 is 12.2 Å². The summed E-state index contributed by atoms with van der Waals surface area (Å²) in [5, 5.41) is 2.16. The molecule has 1 heterocycles. The second-order valence-electron chi connectivity index (χ2n) is 5.45. The van der Waals surface area contributed by atoms with E-state index in [1.807, 2.05) is 36.4 Å². The number of carbonyl (C=O) groups excluding carboxylic acids is 1. The monoisotopic (exact) mass is 332 g/mol. The summed E-state index contributed by atoms with van der Waals surface area (Å²) in [5.74, 6) is -0.427. The molecule has 0 bridgehead atoms. The number of H-pyrrole nitrogens is 1. The molecule has 4 nitrogen and oxygen atoms in total. The first-order valence-electron chi connectivity index (χ1n) is 7.43. The van der Waals surface area contributed by atoms with Crippen LogP contribution in [0.4, 0.5) is 0 Å². The lowest BCUT2D eigenvalue weighted by Crippen LogP contribution is -2.29. The molecule has 4 rings (SSSR count). The van der Waals surface area contributed by atoms with Crippen molar-refractivity contribution in [3.05, 3.63) is 87.4 Å². The van der Waals surface area contributed by atoms with Crippen LogP contribution < -0.4 is 5.56 Å². The van der Waals surface area contributed by atoms with Crippen molar-refractivity contribution in [3.63, 3.8) is 0 Å². The van der Waals surface area contributed by atoms with Gasteiger partial charge in [0.05, 0.1) is 10.9 Å². The lowest BCUT2D eigenvalue weighted by Gasteiger charge is -2.09. The Kier molecular flexibility index (Phi) is 3.36. The minimum atomic E-state index is -0.427. The molecule has 0 amide bonds. The summed E-state index contributed by atoms with van der Waals surface area (Å²) >= 11 is 5.25. The van der Waals surface area contributed by atoms with E-state index in [0.29, 0.717) is 16.5 Å². The average Bonchev–Trinajstić information content (AvgIpc) is 2.61. The molecule has 3 aromatic carbocycles. The number of carbonyl (C=O) groups is 1. The van der Waals surface area contributed by atoms with E-state index >= 15 is 0 Å². The Labute approximate surface area is 142 Å². The molecular formula is C19H12N2O2S. The summed E-state index contributed by atoms with van der Waals surface area (Å²) in [6.07, 6.45) is 0. The molecule has 5 heteroatoms. The second-order valence-corrected chi connectivity index (χ2v) is 5.83. The number of aromatic amines is 1. The van der Waals surface area contributed by atoms with Gasteiger partial charge >= 0.3 is 0 Å². The van der Waals surface area contributed by atoms with Gasteiger partial charge in [-0.05, 0) is 41.2 Å². The van der Waals surface area contributed by atoms with E-state index in [9.17, 15) is 9.59 Å². The van der Waals surface area contributed by atoms with Crippen molar-refractivity contribution in [2.75, 3.05) is 0 Å². The third-order valence-electron chi connectivity index (χ3n) is 4.03. The zero-order valence-corrected chi connectivity index (χ0v) is 13.3. The summed E-state index contributed by atoms with van der Waals surface area (Å²) < 4.78 is 1.12. The Bertz CT molecular complexity index is 1220. The number of fused-ring (bicyclic) bond motifs is 2. The third-order valence-corrected chi connectivity index (χ3v) is 4.31. The van der Waals surface area contributed by atoms with Gasteiger partial charge in [-0.25, -0.2) is 4.57 Å². The van der Waals surface area contributed by atoms with Gasteiger partial charge < -0.3 is 4.98 Å². The van der Waals surface area contributed by atoms with E-state index in [0.717, 1.165) is 15.3 Å². The van der Waals surface area contributed by atoms with Crippen molar-refractivity contribution in [2.24, 2.45) is 0 Å². The highest BCUT2D eigenvalue weighted by Gasteiger charge is 2.16. The molecule has 0 radical (unpaired) electrons. The number of aromatic nitrogens is 2. The molecule has 0 aliphatic rings. The maximum atomic E-state index is 13.0. The van der Waals surface area contributed by atoms with Gasteiger partial charge in [0.2, 0.25) is 0 Å². The SMILES string of the molecule is O=C(c1cccc2ccccc12)n1c(=S)[nH]c2ccccc2c1=O. The number of nitrogens with one attached hydrogen (secondary N) is 1. The predicted octanol–water partition coefficient (Wildman–Crippen LogP) is 3.90. The first-order chi connectivity index (χ1) is 11.7. The standard InChI is InChI=1S/C19H12N2O2S/c22-17(14-10-5-7-12-6-1-2-8-13(12)14)21-18(23)15-9-3-4-11-16(15)20-19(21)24/h1-11H,(H,20,24). The molecule has 116 valence electrons. The molecule has 1 N–H and O–H groups in total. The lowest BCUT2D eigenvalue weighted by molar-refractivity contribution is 0.0955. The Morgan fingerprint density at radius 3 is 2.38 bits per heavy atom. The van der Waals surface area contributed by atoms with E-state index in [2.05, 4.69) is 4.98 Å². The first kappa shape index (κ1) is 14.5. The number of benzene rings is 3. The van der Waals surface area contributed by atoms with Crippen LogP contribution in [-0.2, 0) is 0 Å². The van der Waals surface area contributed by atoms with Gasteiger partial charge in [0.25, 0.3) is 11.5 Å². The number of rotatable bonds is 1. The Balaban J connectivity index is 2.02. The summed E-state index contributed by atoms with van der Waals surface area (Å²) in [4.78, 5) is 28.7. The van der Waals surface area contributed by atoms with Crippen molar-refractivity contribution in [1.82, 2.24) is 9.55 Å². The van der Waals surface area contributed by atoms with Crippen molar-refractivity contribution < 1.29 is 4.79 Å². The highest BCUT2D eigenvalue weighted by atomic mass is 32.1. The predicted molar refractivity (Wildman–Crippen MR) is 97.1 cm³/mol. The molecule has 0 aliphatic heterocycles. The van der Waals surface area contributed by atoms with Gasteiger partial charge in [-0.3, -0.25) is 9.59 Å². The maximum absolute atomic E-state index is 13.0. The topological polar surface area (TPSA) is 54.9 Å². The van der Waals surface area contributed by atoms with E-state index in [4.69, 9.17) is 12.2 Å². The van der Waals surface area contributed by atoms with Crippen LogP contribution in [0, 0.1) is 4.77 Å². The lowest BCUT2D eigenvalue weighted by atomic mass is 10.0. The van der Waals surface area contributed by atoms with E-state index in [1.165, 1.54) is 0 Å². The summed E-state index contributed by atoms with van der Waals surface area (Å²) in [5.41, 5.74) is 0.659. The maximum Gasteiger partial charge on any atom is 0.269 e. The molecule has 24 heavy (non-hydrogen) atoms. The largest absolute Gasteiger partial charge is 0.331 e. The highest BCUT2D eigenvalue weighted by Crippen LogP contribution is 2.19. The van der Waals surface area contributed by atoms with Gasteiger partial charge in [-0.2, -0.15) is 0 Å². The number of hydrogen-bond donors (Lipinski definition) is 1. The van der Waals surface area contributed by atoms with Crippen LogP contribution in [0.3, 0.4) is 0 Å². The summed E-state index contributed by atoms with van der Waals surface area (Å²) in [6, 6.07) is 20.0. The van der Waals surface area contributed by atoms with Crippen molar-refractivity contribution in [3.8, 4) is 0 Å². The Hall–Kier alpha value is -3.05. The molecule has 0 saturated carbocycles. The molecule has 0 saturated heterocycles. The summed E-state index contributed by atoms with van der Waals surface area (Å²) in [6.45, 7) is 0. The fourth-order valence-corrected chi connectivity index (χ4v) is 3.15. The number of hydrogen-bond acceptors (Lipinski definition) is 3. The van der Waals surface area contributed by atoms with Crippen LogP contribution in [0.15, 0.2) is 71.5 Å². The summed E-state index contributed by atoms with van der Waals surface area (Å²) in [7, 11) is 0. The van der Waals surface area contributed by atoms with Gasteiger partial charge in [-0.15, -0.1) is 0 Å². The van der Waals surface area contributed by atoms with E-state index in [1.54, 1.807) is 30.3 Å². The van der Waals surface area contributed by atoms with Gasteiger partial charge in [0.15, 0.2) is 4.77 Å². The number of nitrogens with zero attached hydrogens (tertiary/aromatic N) is 1. The minimum Gasteiger partial charge on any atom is -0.331 e. The van der Waals surface area contributed by atoms with Crippen LogP contribution in [0.5, 0.6) is 0 Å². The Morgan fingerprint density at radius 1 is 0.875 bits per heavy atom. The van der Waals surface area contributed by atoms with Gasteiger partial charge in [0, 0.05) is 5.56 Å². The molecular weight excluding hydrogens is 320 g/mol. The normalized spacial score (nSPS) is 11.0. The van der Waals surface area contributed by atoms with Crippen LogP contribution in [0.1, 0.15) is 10.4 Å². The fourth-order valence-electron chi connectivity index (χ4n) is 2.88. The van der Waals surface area contributed by atoms with E-state index < -0.39 is 11.5 Å². The molecule has 0 fully saturated rings. The highest BCUT2D eigenvalue weighted by molar-refractivity contribution is 7.71. The van der Waals surface area contributed by atoms with Crippen LogP contribution in [-0.4, -0.2) is 15.5 Å². The molecule has 1 aromatic heterocycles. The van der Waals surface area contributed by atoms with Crippen molar-refractivity contribution >= 4 is 39.8 Å². The zero-order valence-electron chi connectivity index (χ0n) is 12.5. The van der Waals surface area contributed by atoms with Crippen LogP contribution in [0.2, 0.25) is 0 Å². The second kappa shape index (κ2) is 5.54. The third kappa shape index (κ3) is 2.18. The van der Waals surface area contributed by atoms with Crippen molar-refractivity contribution in [2.45, 2.75) is 0 Å². The zero-order chi connectivity index (χ0) is 16.7. The van der Waals surface area contributed by atoms with Gasteiger partial charge in [0.1, 0.15) is 0 Å². The van der Waals surface area contributed by atoms with E-state index in [-0.39, 0.29) is 4.77 Å². The number of para-hydroxylation sites is 1. The Morgan fingerprint density at radius 2 is 1.54 bits per heavy atom. The quantitative estimate of drug-likeness (QED) is 0.538. The molecule has 0 unspecified atom stereocenters. The van der Waals surface area contributed by atoms with Crippen LogP contribution in [0.25, 0.3) is 21.7 Å². The smallest absolute Gasteiger partial charge is 0.269 e.